The van der Waals surface area contributed by atoms with Crippen LogP contribution < -0.4 is 73.9 Å². The Kier molecular flexibility index (Phi) is 34.6. The van der Waals surface area contributed by atoms with E-state index >= 15 is 0 Å². The highest BCUT2D eigenvalue weighted by molar-refractivity contribution is 5.64. The summed E-state index contributed by atoms with van der Waals surface area (Å²) < 4.78 is 50.5. The Bertz CT molecular complexity index is 6240. The van der Waals surface area contributed by atoms with Gasteiger partial charge < -0.3 is 83.3 Å². The molecule has 0 amide bonds. The Balaban J connectivity index is 0.000000123. The maximum Gasteiger partial charge on any atom is 0.336 e. The number of anilines is 6. The van der Waals surface area contributed by atoms with Gasteiger partial charge in [-0.2, -0.15) is 29.9 Å². The zero-order chi connectivity index (χ0) is 100. The van der Waals surface area contributed by atoms with Gasteiger partial charge in [0.15, 0.2) is 68.8 Å². The molecule has 13 aromatic rings. The van der Waals surface area contributed by atoms with Gasteiger partial charge in [0.2, 0.25) is 0 Å². The summed E-state index contributed by atoms with van der Waals surface area (Å²) in [5, 5.41) is 34.4. The number of nitrogen functional groups attached to an aromatic ring is 6. The van der Waals surface area contributed by atoms with E-state index in [-0.39, 0.29) is 48.7 Å². The number of nitrogens with two attached hydrogens (primary N) is 7. The summed E-state index contributed by atoms with van der Waals surface area (Å²) >= 11 is 0. The van der Waals surface area contributed by atoms with E-state index in [2.05, 4.69) is 147 Å². The van der Waals surface area contributed by atoms with Crippen molar-refractivity contribution >= 4 is 68.8 Å². The Labute approximate surface area is 838 Å². The lowest BCUT2D eigenvalue weighted by atomic mass is 9.38. The van der Waals surface area contributed by atoms with Gasteiger partial charge in [-0.25, -0.2) is 57.0 Å². The fraction of sp³-hybridized carbons (Fsp3) is 0.676. The van der Waals surface area contributed by atoms with Crippen LogP contribution in [0.2, 0.25) is 0 Å². The number of aryl methyl sites for hydroxylation is 1. The Morgan fingerprint density at radius 2 is 0.720 bits per heavy atom. The lowest BCUT2D eigenvalue weighted by molar-refractivity contribution is -0.130. The van der Waals surface area contributed by atoms with Crippen LogP contribution in [0.3, 0.4) is 0 Å². The summed E-state index contributed by atoms with van der Waals surface area (Å²) in [6.45, 7) is 29.8. The van der Waals surface area contributed by atoms with Gasteiger partial charge in [0.05, 0.1) is 102 Å². The number of nitrogens with one attached hydrogen (secondary N) is 1. The maximum absolute atomic E-state index is 6.16. The van der Waals surface area contributed by atoms with Crippen molar-refractivity contribution in [1.29, 1.82) is 0 Å². The van der Waals surface area contributed by atoms with Crippen molar-refractivity contribution < 1.29 is 32.9 Å². The fourth-order valence-corrected chi connectivity index (χ4v) is 22.1. The number of likely N-dealkylation sites (tertiary alicyclic amines) is 1. The number of fused-ring (bicyclic) bond motifs is 6. The maximum atomic E-state index is 6.16. The molecule has 6 atom stereocenters. The molecule has 2 aliphatic heterocycles. The second kappa shape index (κ2) is 47.7. The van der Waals surface area contributed by atoms with Crippen LogP contribution in [0.15, 0.2) is 47.8 Å². The number of imidazole rings is 6. The quantitative estimate of drug-likeness (QED) is 0.0179. The molecule has 2 saturated heterocycles. The van der Waals surface area contributed by atoms with Gasteiger partial charge in [-0.15, -0.1) is 30.6 Å². The molecule has 0 radical (unpaired) electrons. The molecule has 2 unspecified atom stereocenters. The molecule has 7 aliphatic carbocycles. The molecular weight excluding hydrogens is 1810 g/mol. The van der Waals surface area contributed by atoms with E-state index in [4.69, 9.17) is 73.1 Å². The van der Waals surface area contributed by atoms with E-state index in [1.165, 1.54) is 148 Å². The van der Waals surface area contributed by atoms with Crippen LogP contribution in [0.25, 0.3) is 33.9 Å². The van der Waals surface area contributed by atoms with Crippen LogP contribution in [0.4, 0.5) is 34.9 Å². The molecule has 41 heteroatoms. The first kappa shape index (κ1) is 104. The monoisotopic (exact) mass is 1970 g/mol. The van der Waals surface area contributed by atoms with Gasteiger partial charge in [-0.1, -0.05) is 137 Å². The predicted molar refractivity (Wildman–Crippen MR) is 550 cm³/mol. The minimum Gasteiger partial charge on any atom is -0.459 e. The van der Waals surface area contributed by atoms with E-state index in [0.717, 1.165) is 180 Å². The number of hydrogen-bond donors (Lipinski definition) is 8. The molecule has 143 heavy (non-hydrogen) atoms. The summed E-state index contributed by atoms with van der Waals surface area (Å²) in [4.78, 5) is 54.3. The third kappa shape index (κ3) is 26.4. The second-order valence-electron chi connectivity index (χ2n) is 42.2. The highest BCUT2D eigenvalue weighted by atomic mass is 16.5. The van der Waals surface area contributed by atoms with E-state index in [9.17, 15) is 0 Å². The zero-order valence-electron chi connectivity index (χ0n) is 86.5. The molecule has 15 N–H and O–H groups in total. The van der Waals surface area contributed by atoms with Gasteiger partial charge in [0.25, 0.3) is 0 Å². The van der Waals surface area contributed by atoms with Crippen molar-refractivity contribution in [3.8, 4) is 36.1 Å². The summed E-state index contributed by atoms with van der Waals surface area (Å²) in [5.74, 6) is 5.75. The first-order valence-corrected chi connectivity index (χ1v) is 53.3. The summed E-state index contributed by atoms with van der Waals surface area (Å²) in [6.07, 6.45) is 57.1. The average Bonchev–Trinajstić information content (AvgIpc) is 1.58. The van der Waals surface area contributed by atoms with Crippen molar-refractivity contribution in [2.24, 2.45) is 40.2 Å². The van der Waals surface area contributed by atoms with E-state index in [0.29, 0.717) is 133 Å². The van der Waals surface area contributed by atoms with Crippen LogP contribution in [-0.2, 0) is 45.1 Å². The molecule has 776 valence electrons. The highest BCUT2D eigenvalue weighted by Gasteiger charge is 2.65. The predicted octanol–water partition coefficient (Wildman–Crippen LogP) is 15.7. The smallest absolute Gasteiger partial charge is 0.336 e. The third-order valence-electron chi connectivity index (χ3n) is 29.8. The van der Waals surface area contributed by atoms with Gasteiger partial charge in [-0.05, 0) is 256 Å². The lowest BCUT2D eigenvalue weighted by Gasteiger charge is -2.69. The van der Waals surface area contributed by atoms with Crippen LogP contribution in [0.5, 0.6) is 36.1 Å². The topological polar surface area (TPSA) is 537 Å². The molecule has 13 aromatic heterocycles. The van der Waals surface area contributed by atoms with Crippen LogP contribution in [0, 0.1) is 41.4 Å². The first-order chi connectivity index (χ1) is 69.1. The lowest BCUT2D eigenvalue weighted by Crippen LogP contribution is -2.72. The minimum atomic E-state index is 0.0681. The fourth-order valence-electron chi connectivity index (χ4n) is 22.1. The molecule has 0 aromatic carbocycles. The second-order valence-corrected chi connectivity index (χ2v) is 42.2. The summed E-state index contributed by atoms with van der Waals surface area (Å²) in [5.41, 5.74) is 54.4. The normalized spacial score (nSPS) is 20.1. The molecule has 9 fully saturated rings. The van der Waals surface area contributed by atoms with E-state index in [1.54, 1.807) is 18.1 Å². The standard InChI is InChI=1S/C20H31N5O.C19H32N6O.C17H22N6O2.C16H24N6O.C15H24N6O.C15H23N5O/c1-3-5-14(2)26-19-23-17(21)18-22-13-16(25(18)24-19)12-15-6-10-20(11-7-15)8-4-9-20;1-4-6-14(3)26-19-22-17(20)18-21-13-16(25(18)23-19)12-15-7-10-24(9-5-2)11-8-15;1-11-7-13(22-25-11)10-24-17-20-15(18)16-19-9-14(23(16)21-17)8-12-5-3-2-4-6-12;1-3-4-10(2)23-14-20-12(17)13-19-6-11(22(13)21-14)5-15-7-16(18,8-15)9-15;1-3-5-10(2)22-15-19-13(16)14-18-9-12(21(14)20-15)8-11-6-4-7-17-11;1-3-5-10(2)21-15-18-13(16)14-17-9-12(20(14)19-15)8-11-6-4-7-11/h13-15H,3-12H2,1-2H3,(H2,21,23,24);13-15H,4-12H2,1-3H3,(H2,20,22,23);7,9,12H,2-6,8,10H2,1H3,(H2,18,20,21);6,10H,3-5,7-9,18H2,1-2H3,(H2,17,20,21);9-11,17H,3-8H2,1-2H3,(H2,16,19,20);9-11H,3-8H2,1-2H3,(H2,16,18,19)/t14-;;;10-,15?,16?;10-,11?;10-/m0..000/s1. The molecule has 9 aliphatic rings. The van der Waals surface area contributed by atoms with Gasteiger partial charge in [0.1, 0.15) is 18.1 Å². The number of ether oxygens (including phenoxy) is 6. The number of nitrogens with zero attached hydrogens (tertiary/aromatic N) is 26. The zero-order valence-corrected chi connectivity index (χ0v) is 86.5. The van der Waals surface area contributed by atoms with Crippen molar-refractivity contribution in [3.63, 3.8) is 0 Å². The van der Waals surface area contributed by atoms with Crippen LogP contribution in [0.1, 0.15) is 334 Å². The number of aromatic nitrogens is 25. The van der Waals surface area contributed by atoms with Crippen molar-refractivity contribution in [3.05, 3.63) is 88.9 Å². The number of hydrogen-bond acceptors (Lipinski definition) is 35. The minimum absolute atomic E-state index is 0.0681. The van der Waals surface area contributed by atoms with Crippen molar-refractivity contribution in [2.75, 3.05) is 60.6 Å². The van der Waals surface area contributed by atoms with E-state index in [1.807, 2.05) is 93.8 Å². The van der Waals surface area contributed by atoms with Gasteiger partial charge >= 0.3 is 36.1 Å². The van der Waals surface area contributed by atoms with Crippen LogP contribution >= 0.6 is 0 Å². The molecule has 41 nitrogen and oxygen atoms in total. The summed E-state index contributed by atoms with van der Waals surface area (Å²) in [6, 6.07) is 4.20. The largest absolute Gasteiger partial charge is 0.459 e. The number of rotatable bonds is 37. The number of piperidine rings is 1. The van der Waals surface area contributed by atoms with Crippen LogP contribution in [-0.4, -0.2) is 196 Å². The highest BCUT2D eigenvalue weighted by Crippen LogP contribution is 2.67. The van der Waals surface area contributed by atoms with E-state index < -0.39 is 0 Å². The Morgan fingerprint density at radius 3 is 1.03 bits per heavy atom. The average molecular weight is 1970 g/mol. The van der Waals surface area contributed by atoms with Crippen molar-refractivity contribution in [1.82, 2.24) is 133 Å². The molecule has 7 saturated carbocycles. The Morgan fingerprint density at radius 1 is 0.385 bits per heavy atom. The first-order valence-electron chi connectivity index (χ1n) is 53.3. The third-order valence-corrected chi connectivity index (χ3v) is 29.8. The van der Waals surface area contributed by atoms with Crippen molar-refractivity contribution in [2.45, 2.75) is 382 Å². The molecule has 15 heterocycles. The Hall–Kier alpha value is -12.0. The molecule has 1 spiro atoms. The molecule has 22 rings (SSSR count). The SMILES string of the molecule is CCCC(C)Oc1nc(N)c2ncc(CC3CCN(CCC)CC3)n2n1.CCC[C@H](C)Oc1nc(N)c2ncc(CC34CC(N)(C3)C4)n2n1.CCC[C@H](C)Oc1nc(N)c2ncc(CC3CCC3)n2n1.CCC[C@H](C)Oc1nc(N)c2ncc(CC3CCC4(CCC4)CC3)n2n1.CCC[C@H](C)Oc1nc(N)c2ncc(CC3CCCN3)n2n1.Cc1cc(COc2nc(N)c3ncc(CC4CCCCC4)n3n2)no1. The molecular formula is C102H156N34O7. The van der Waals surface area contributed by atoms with Gasteiger partial charge in [0, 0.05) is 24.1 Å². The van der Waals surface area contributed by atoms with Gasteiger partial charge in [-0.3, -0.25) is 0 Å². The molecule has 2 bridgehead atoms. The summed E-state index contributed by atoms with van der Waals surface area (Å²) in [7, 11) is 0.